The number of alkyl halides is 3. The second kappa shape index (κ2) is 4.63. The van der Waals surface area contributed by atoms with Crippen molar-refractivity contribution in [3.05, 3.63) is 35.4 Å². The van der Waals surface area contributed by atoms with Crippen molar-refractivity contribution in [3.63, 3.8) is 0 Å². The smallest absolute Gasteiger partial charge is 0.416 e. The summed E-state index contributed by atoms with van der Waals surface area (Å²) in [5, 5.41) is 9.08. The molecule has 1 N–H and O–H groups in total. The number of hydrogen-bond donors (Lipinski definition) is 1. The normalized spacial score (nSPS) is 14.3. The minimum Gasteiger partial charge on any atom is -0.481 e. The number of carboxylic acid groups (broad SMARTS) is 1. The highest BCUT2D eigenvalue weighted by atomic mass is 19.4. The van der Waals surface area contributed by atoms with E-state index in [1.807, 2.05) is 0 Å². The lowest BCUT2D eigenvalue weighted by Gasteiger charge is -2.27. The number of halogens is 3. The third kappa shape index (κ3) is 2.83. The van der Waals surface area contributed by atoms with Gasteiger partial charge in [-0.2, -0.15) is 13.2 Å². The van der Waals surface area contributed by atoms with Gasteiger partial charge in [-0.3, -0.25) is 4.79 Å². The summed E-state index contributed by atoms with van der Waals surface area (Å²) in [6.07, 6.45) is -4.37. The first kappa shape index (κ1) is 14.5. The molecule has 0 bridgehead atoms. The third-order valence-electron chi connectivity index (χ3n) is 3.37. The molecule has 0 heterocycles. The second-order valence-electron chi connectivity index (χ2n) is 4.87. The van der Waals surface area contributed by atoms with Crippen molar-refractivity contribution in [3.8, 4) is 0 Å². The van der Waals surface area contributed by atoms with Gasteiger partial charge in [-0.15, -0.1) is 0 Å². The number of hydrogen-bond acceptors (Lipinski definition) is 1. The van der Waals surface area contributed by atoms with Gasteiger partial charge in [0.05, 0.1) is 11.0 Å². The molecule has 0 fully saturated rings. The van der Waals surface area contributed by atoms with E-state index >= 15 is 0 Å². The van der Waals surface area contributed by atoms with Crippen LogP contribution in [0.25, 0.3) is 0 Å². The predicted octanol–water partition coefficient (Wildman–Crippen LogP) is 3.92. The van der Waals surface area contributed by atoms with Crippen LogP contribution in [0.4, 0.5) is 13.2 Å². The van der Waals surface area contributed by atoms with Crippen LogP contribution in [-0.2, 0) is 11.0 Å². The van der Waals surface area contributed by atoms with Crippen LogP contribution in [0.2, 0.25) is 0 Å². The zero-order valence-corrected chi connectivity index (χ0v) is 10.4. The lowest BCUT2D eigenvalue weighted by molar-refractivity contribution is -0.148. The molecule has 5 heteroatoms. The van der Waals surface area contributed by atoms with Gasteiger partial charge in [0.2, 0.25) is 0 Å². The Balaban J connectivity index is 3.03. The zero-order valence-electron chi connectivity index (χ0n) is 10.4. The molecule has 100 valence electrons. The fraction of sp³-hybridized carbons (Fsp3) is 0.462. The molecular weight excluding hydrogens is 245 g/mol. The molecule has 1 rings (SSSR count). The summed E-state index contributed by atoms with van der Waals surface area (Å²) in [5.74, 6) is -1.35. The molecule has 1 aromatic rings. The van der Waals surface area contributed by atoms with E-state index in [-0.39, 0.29) is 5.92 Å². The summed E-state index contributed by atoms with van der Waals surface area (Å²) >= 11 is 0. The van der Waals surface area contributed by atoms with Crippen molar-refractivity contribution in [1.82, 2.24) is 0 Å². The Morgan fingerprint density at radius 3 is 1.94 bits per heavy atom. The molecule has 0 amide bonds. The number of aliphatic carboxylic acids is 1. The molecular formula is C13H15F3O2. The maximum absolute atomic E-state index is 12.4. The van der Waals surface area contributed by atoms with E-state index in [1.165, 1.54) is 12.1 Å². The predicted molar refractivity (Wildman–Crippen MR) is 61.3 cm³/mol. The van der Waals surface area contributed by atoms with Gasteiger partial charge in [0.25, 0.3) is 0 Å². The monoisotopic (exact) mass is 260 g/mol. The van der Waals surface area contributed by atoms with Crippen LogP contribution >= 0.6 is 0 Å². The van der Waals surface area contributed by atoms with E-state index in [9.17, 15) is 18.0 Å². The van der Waals surface area contributed by atoms with E-state index in [1.54, 1.807) is 20.8 Å². The molecule has 0 aliphatic carbocycles. The summed E-state index contributed by atoms with van der Waals surface area (Å²) < 4.78 is 37.2. The van der Waals surface area contributed by atoms with E-state index < -0.39 is 23.1 Å². The van der Waals surface area contributed by atoms with Gasteiger partial charge >= 0.3 is 12.1 Å². The molecule has 0 saturated carbocycles. The minimum atomic E-state index is -4.37. The van der Waals surface area contributed by atoms with Crippen LogP contribution in [0.15, 0.2) is 24.3 Å². The van der Waals surface area contributed by atoms with Crippen molar-refractivity contribution >= 4 is 5.97 Å². The maximum atomic E-state index is 12.4. The van der Waals surface area contributed by atoms with Crippen LogP contribution in [0.1, 0.15) is 37.8 Å². The Labute approximate surface area is 103 Å². The average Bonchev–Trinajstić information content (AvgIpc) is 2.26. The molecule has 2 nitrogen and oxygen atoms in total. The summed E-state index contributed by atoms with van der Waals surface area (Å²) in [7, 11) is 0. The Morgan fingerprint density at radius 1 is 1.17 bits per heavy atom. The number of carboxylic acids is 1. The van der Waals surface area contributed by atoms with Crippen LogP contribution in [0, 0.1) is 5.41 Å². The molecule has 1 unspecified atom stereocenters. The lowest BCUT2D eigenvalue weighted by Crippen LogP contribution is -2.29. The van der Waals surface area contributed by atoms with Gasteiger partial charge in [0.15, 0.2) is 0 Å². The Hall–Kier alpha value is -1.52. The van der Waals surface area contributed by atoms with E-state index in [0.29, 0.717) is 5.56 Å². The Bertz CT molecular complexity index is 433. The van der Waals surface area contributed by atoms with Crippen molar-refractivity contribution in [1.29, 1.82) is 0 Å². The first-order chi connectivity index (χ1) is 8.06. The molecule has 0 aliphatic heterocycles. The van der Waals surface area contributed by atoms with Crippen molar-refractivity contribution in [2.45, 2.75) is 32.9 Å². The van der Waals surface area contributed by atoms with Gasteiger partial charge in [0, 0.05) is 0 Å². The van der Waals surface area contributed by atoms with Gasteiger partial charge in [-0.05, 0) is 37.5 Å². The molecule has 0 spiro atoms. The third-order valence-corrected chi connectivity index (χ3v) is 3.37. The van der Waals surface area contributed by atoms with Gasteiger partial charge in [0.1, 0.15) is 0 Å². The van der Waals surface area contributed by atoms with E-state index in [0.717, 1.165) is 12.1 Å². The van der Waals surface area contributed by atoms with Gasteiger partial charge in [-0.25, -0.2) is 0 Å². The number of carbonyl (C=O) groups is 1. The van der Waals surface area contributed by atoms with Gasteiger partial charge in [-0.1, -0.05) is 19.1 Å². The largest absolute Gasteiger partial charge is 0.481 e. The fourth-order valence-electron chi connectivity index (χ4n) is 1.56. The molecule has 0 radical (unpaired) electrons. The van der Waals surface area contributed by atoms with Crippen LogP contribution in [0.3, 0.4) is 0 Å². The van der Waals surface area contributed by atoms with Crippen molar-refractivity contribution < 1.29 is 23.1 Å². The standard InChI is InChI=1S/C13H15F3O2/c1-8(12(2,3)11(17)18)9-4-6-10(7-5-9)13(14,15)16/h4-8H,1-3H3,(H,17,18). The molecule has 18 heavy (non-hydrogen) atoms. The molecule has 0 aliphatic rings. The Kier molecular flexibility index (Phi) is 3.74. The summed E-state index contributed by atoms with van der Waals surface area (Å²) in [6, 6.07) is 4.61. The number of rotatable bonds is 3. The summed E-state index contributed by atoms with van der Waals surface area (Å²) in [4.78, 5) is 11.1. The summed E-state index contributed by atoms with van der Waals surface area (Å²) in [5.41, 5.74) is -1.18. The molecule has 0 aromatic heterocycles. The van der Waals surface area contributed by atoms with Crippen molar-refractivity contribution in [2.24, 2.45) is 5.41 Å². The quantitative estimate of drug-likeness (QED) is 0.894. The maximum Gasteiger partial charge on any atom is 0.416 e. The van der Waals surface area contributed by atoms with E-state index in [2.05, 4.69) is 0 Å². The van der Waals surface area contributed by atoms with Gasteiger partial charge < -0.3 is 5.11 Å². The topological polar surface area (TPSA) is 37.3 Å². The highest BCUT2D eigenvalue weighted by Gasteiger charge is 2.35. The lowest BCUT2D eigenvalue weighted by atomic mass is 9.76. The Morgan fingerprint density at radius 2 is 1.61 bits per heavy atom. The van der Waals surface area contributed by atoms with Crippen LogP contribution in [-0.4, -0.2) is 11.1 Å². The molecule has 1 atom stereocenters. The van der Waals surface area contributed by atoms with Crippen LogP contribution in [0.5, 0.6) is 0 Å². The molecule has 0 saturated heterocycles. The van der Waals surface area contributed by atoms with Crippen molar-refractivity contribution in [2.75, 3.05) is 0 Å². The van der Waals surface area contributed by atoms with E-state index in [4.69, 9.17) is 5.11 Å². The highest BCUT2D eigenvalue weighted by Crippen LogP contribution is 2.37. The molecule has 1 aromatic carbocycles. The first-order valence-electron chi connectivity index (χ1n) is 5.47. The summed E-state index contributed by atoms with van der Waals surface area (Å²) in [6.45, 7) is 4.80. The fourth-order valence-corrected chi connectivity index (χ4v) is 1.56. The zero-order chi connectivity index (χ0) is 14.1. The second-order valence-corrected chi connectivity index (χ2v) is 4.87. The van der Waals surface area contributed by atoms with Crippen LogP contribution < -0.4 is 0 Å². The highest BCUT2D eigenvalue weighted by molar-refractivity contribution is 5.75. The SMILES string of the molecule is CC(c1ccc(C(F)(F)F)cc1)C(C)(C)C(=O)O. The number of benzene rings is 1. The average molecular weight is 260 g/mol. The minimum absolute atomic E-state index is 0.378. The first-order valence-corrected chi connectivity index (χ1v) is 5.47.